The summed E-state index contributed by atoms with van der Waals surface area (Å²) < 4.78 is 27.6. The van der Waals surface area contributed by atoms with Crippen LogP contribution in [-0.4, -0.2) is 14.3 Å². The van der Waals surface area contributed by atoms with E-state index in [0.717, 1.165) is 11.1 Å². The molecule has 1 amide bonds. The molecule has 0 radical (unpaired) electrons. The van der Waals surface area contributed by atoms with Crippen molar-refractivity contribution < 1.29 is 13.2 Å². The van der Waals surface area contributed by atoms with Crippen molar-refractivity contribution in [2.45, 2.75) is 24.7 Å². The van der Waals surface area contributed by atoms with Crippen LogP contribution in [0.5, 0.6) is 0 Å². The van der Waals surface area contributed by atoms with Gasteiger partial charge >= 0.3 is 0 Å². The molecule has 2 N–H and O–H groups in total. The Kier molecular flexibility index (Phi) is 6.56. The summed E-state index contributed by atoms with van der Waals surface area (Å²) in [4.78, 5) is 12.2. The van der Waals surface area contributed by atoms with Crippen LogP contribution in [-0.2, 0) is 21.2 Å². The molecule has 0 heterocycles. The van der Waals surface area contributed by atoms with E-state index in [4.69, 9.17) is 11.6 Å². The summed E-state index contributed by atoms with van der Waals surface area (Å²) in [5.41, 5.74) is 2.88. The second kappa shape index (κ2) is 9.11. The zero-order valence-corrected chi connectivity index (χ0v) is 17.4. The minimum atomic E-state index is -3.76. The molecule has 3 aromatic carbocycles. The van der Waals surface area contributed by atoms with Crippen molar-refractivity contribution in [3.05, 3.63) is 88.9 Å². The molecule has 0 atom stereocenters. The smallest absolute Gasteiger partial charge is 0.261 e. The molecule has 0 spiro atoms. The molecule has 0 unspecified atom stereocenters. The number of hydrogen-bond acceptors (Lipinski definition) is 3. The Balaban J connectivity index is 1.61. The largest absolute Gasteiger partial charge is 0.326 e. The minimum absolute atomic E-state index is 0.0940. The van der Waals surface area contributed by atoms with Gasteiger partial charge in [-0.15, -0.1) is 0 Å². The number of carbonyl (C=O) groups excluding carboxylic acids is 1. The zero-order valence-electron chi connectivity index (χ0n) is 15.9. The number of carbonyl (C=O) groups is 1. The first-order valence-electron chi connectivity index (χ1n) is 9.06. The standard InChI is InChI=1S/C22H21ClN2O3S/c1-16-7-9-19(15-21(16)23)25-29(27,28)20-12-10-18(11-13-20)24-22(26)14-8-17-5-3-2-4-6-17/h2-7,9-13,15,25H,8,14H2,1H3,(H,24,26). The number of hydrogen-bond donors (Lipinski definition) is 2. The molecule has 0 aliphatic carbocycles. The van der Waals surface area contributed by atoms with E-state index in [0.29, 0.717) is 29.2 Å². The van der Waals surface area contributed by atoms with Crippen LogP contribution in [0.2, 0.25) is 5.02 Å². The van der Waals surface area contributed by atoms with E-state index in [2.05, 4.69) is 10.0 Å². The van der Waals surface area contributed by atoms with Crippen molar-refractivity contribution in [2.75, 3.05) is 10.0 Å². The molecule has 3 aromatic rings. The van der Waals surface area contributed by atoms with Crippen molar-refractivity contribution in [1.29, 1.82) is 0 Å². The van der Waals surface area contributed by atoms with Gasteiger partial charge in [0.25, 0.3) is 10.0 Å². The second-order valence-corrected chi connectivity index (χ2v) is 8.72. The van der Waals surface area contributed by atoms with Gasteiger partial charge in [0.1, 0.15) is 0 Å². The average Bonchev–Trinajstić information content (AvgIpc) is 2.70. The Morgan fingerprint density at radius 3 is 2.24 bits per heavy atom. The maximum absolute atomic E-state index is 12.5. The number of amides is 1. The highest BCUT2D eigenvalue weighted by molar-refractivity contribution is 7.92. The van der Waals surface area contributed by atoms with Gasteiger partial charge in [0.05, 0.1) is 10.6 Å². The van der Waals surface area contributed by atoms with Gasteiger partial charge in [-0.3, -0.25) is 9.52 Å². The average molecular weight is 429 g/mol. The quantitative estimate of drug-likeness (QED) is 0.554. The summed E-state index contributed by atoms with van der Waals surface area (Å²) in [5.74, 6) is -0.128. The lowest BCUT2D eigenvalue weighted by Crippen LogP contribution is -2.14. The highest BCUT2D eigenvalue weighted by Gasteiger charge is 2.15. The van der Waals surface area contributed by atoms with E-state index in [1.165, 1.54) is 12.1 Å². The SMILES string of the molecule is Cc1ccc(NS(=O)(=O)c2ccc(NC(=O)CCc3ccccc3)cc2)cc1Cl. The molecule has 0 aliphatic rings. The summed E-state index contributed by atoms with van der Waals surface area (Å²) in [7, 11) is -3.76. The van der Waals surface area contributed by atoms with Crippen molar-refractivity contribution in [2.24, 2.45) is 0 Å². The fraction of sp³-hybridized carbons (Fsp3) is 0.136. The normalized spacial score (nSPS) is 11.1. The highest BCUT2D eigenvalue weighted by Crippen LogP contribution is 2.23. The molecular formula is C22H21ClN2O3S. The number of halogens is 1. The van der Waals surface area contributed by atoms with Gasteiger partial charge in [0, 0.05) is 17.1 Å². The molecule has 0 fully saturated rings. The summed E-state index contributed by atoms with van der Waals surface area (Å²) in [6.07, 6.45) is 0.988. The van der Waals surface area contributed by atoms with Gasteiger partial charge in [0.2, 0.25) is 5.91 Å². The summed E-state index contributed by atoms with van der Waals surface area (Å²) in [6.45, 7) is 1.84. The van der Waals surface area contributed by atoms with Gasteiger partial charge in [-0.1, -0.05) is 48.0 Å². The third kappa shape index (κ3) is 5.82. The van der Waals surface area contributed by atoms with Crippen LogP contribution in [0.3, 0.4) is 0 Å². The topological polar surface area (TPSA) is 75.3 Å². The van der Waals surface area contributed by atoms with Gasteiger partial charge < -0.3 is 5.32 Å². The monoisotopic (exact) mass is 428 g/mol. The van der Waals surface area contributed by atoms with Crippen LogP contribution in [0.25, 0.3) is 0 Å². The van der Waals surface area contributed by atoms with Crippen LogP contribution in [0.15, 0.2) is 77.7 Å². The molecule has 0 aromatic heterocycles. The Morgan fingerprint density at radius 1 is 0.931 bits per heavy atom. The van der Waals surface area contributed by atoms with Gasteiger partial charge in [-0.2, -0.15) is 0 Å². The first kappa shape index (κ1) is 20.9. The number of benzene rings is 3. The van der Waals surface area contributed by atoms with Gasteiger partial charge in [0.15, 0.2) is 0 Å². The number of anilines is 2. The van der Waals surface area contributed by atoms with Crippen LogP contribution in [0, 0.1) is 6.92 Å². The van der Waals surface area contributed by atoms with E-state index in [1.54, 1.807) is 30.3 Å². The molecule has 7 heteroatoms. The Bertz CT molecular complexity index is 1100. The number of rotatable bonds is 7. The first-order valence-corrected chi connectivity index (χ1v) is 10.9. The van der Waals surface area contributed by atoms with Gasteiger partial charge in [-0.25, -0.2) is 8.42 Å². The maximum Gasteiger partial charge on any atom is 0.261 e. The molecule has 0 aliphatic heterocycles. The zero-order chi connectivity index (χ0) is 20.9. The van der Waals surface area contributed by atoms with Gasteiger partial charge in [-0.05, 0) is 60.9 Å². The molecule has 150 valence electrons. The Morgan fingerprint density at radius 2 is 1.59 bits per heavy atom. The molecular weight excluding hydrogens is 408 g/mol. The van der Waals surface area contributed by atoms with E-state index in [9.17, 15) is 13.2 Å². The molecule has 0 saturated heterocycles. The molecule has 29 heavy (non-hydrogen) atoms. The fourth-order valence-electron chi connectivity index (χ4n) is 2.71. The number of aryl methyl sites for hydroxylation is 2. The highest BCUT2D eigenvalue weighted by atomic mass is 35.5. The lowest BCUT2D eigenvalue weighted by molar-refractivity contribution is -0.116. The van der Waals surface area contributed by atoms with E-state index < -0.39 is 10.0 Å². The summed E-state index contributed by atoms with van der Waals surface area (Å²) in [5, 5.41) is 3.27. The van der Waals surface area contributed by atoms with Crippen molar-refractivity contribution in [1.82, 2.24) is 0 Å². The van der Waals surface area contributed by atoms with E-state index >= 15 is 0 Å². The molecule has 0 saturated carbocycles. The first-order chi connectivity index (χ1) is 13.8. The predicted molar refractivity (Wildman–Crippen MR) is 117 cm³/mol. The molecule has 0 bridgehead atoms. The summed E-state index contributed by atoms with van der Waals surface area (Å²) >= 11 is 6.05. The molecule has 5 nitrogen and oxygen atoms in total. The Hall–Kier alpha value is -2.83. The third-order valence-corrected chi connectivity index (χ3v) is 6.16. The summed E-state index contributed by atoms with van der Waals surface area (Å²) in [6, 6.07) is 20.7. The van der Waals surface area contributed by atoms with Crippen molar-refractivity contribution >= 4 is 38.9 Å². The van der Waals surface area contributed by atoms with Crippen molar-refractivity contribution in [3.63, 3.8) is 0 Å². The van der Waals surface area contributed by atoms with Crippen LogP contribution in [0.1, 0.15) is 17.5 Å². The molecule has 3 rings (SSSR count). The third-order valence-electron chi connectivity index (χ3n) is 4.36. The fourth-order valence-corrected chi connectivity index (χ4v) is 3.94. The van der Waals surface area contributed by atoms with Crippen LogP contribution in [0.4, 0.5) is 11.4 Å². The van der Waals surface area contributed by atoms with Crippen LogP contribution >= 0.6 is 11.6 Å². The Labute approximate surface area is 175 Å². The van der Waals surface area contributed by atoms with E-state index in [1.807, 2.05) is 37.3 Å². The number of nitrogens with one attached hydrogen (secondary N) is 2. The number of sulfonamides is 1. The predicted octanol–water partition coefficient (Wildman–Crippen LogP) is 5.02. The van der Waals surface area contributed by atoms with Crippen LogP contribution < -0.4 is 10.0 Å². The van der Waals surface area contributed by atoms with E-state index in [-0.39, 0.29) is 10.8 Å². The maximum atomic E-state index is 12.5. The second-order valence-electron chi connectivity index (χ2n) is 6.63. The minimum Gasteiger partial charge on any atom is -0.326 e. The van der Waals surface area contributed by atoms with Crippen molar-refractivity contribution in [3.8, 4) is 0 Å². The lowest BCUT2D eigenvalue weighted by Gasteiger charge is -2.10. The lowest BCUT2D eigenvalue weighted by atomic mass is 10.1.